The van der Waals surface area contributed by atoms with Crippen molar-refractivity contribution < 1.29 is 19.0 Å². The number of guanidine groups is 1. The minimum absolute atomic E-state index is 0.209. The molecule has 0 saturated carbocycles. The molecular weight excluding hydrogens is 386 g/mol. The molecule has 1 rings (SSSR count). The lowest BCUT2D eigenvalue weighted by Crippen LogP contribution is -2.50. The van der Waals surface area contributed by atoms with Crippen molar-refractivity contribution in [2.75, 3.05) is 79.3 Å². The second-order valence-corrected chi connectivity index (χ2v) is 8.31. The number of carbonyl (C=O) groups excluding carboxylic acids is 1. The van der Waals surface area contributed by atoms with Crippen LogP contribution >= 0.6 is 0 Å². The number of hydrogen-bond acceptors (Lipinski definition) is 6. The number of hydrogen-bond donors (Lipinski definition) is 2. The Kier molecular flexibility index (Phi) is 13.5. The molecule has 9 heteroatoms. The van der Waals surface area contributed by atoms with E-state index in [4.69, 9.17) is 14.2 Å². The zero-order chi connectivity index (χ0) is 22.2. The monoisotopic (exact) mass is 429 g/mol. The van der Waals surface area contributed by atoms with Gasteiger partial charge >= 0.3 is 6.09 Å². The molecule has 1 heterocycles. The van der Waals surface area contributed by atoms with Crippen molar-refractivity contribution >= 4 is 12.1 Å². The smallest absolute Gasteiger partial charge is 0.410 e. The molecule has 0 bridgehead atoms. The summed E-state index contributed by atoms with van der Waals surface area (Å²) in [6, 6.07) is 0. The largest absolute Gasteiger partial charge is 0.444 e. The van der Waals surface area contributed by atoms with Crippen LogP contribution in [-0.4, -0.2) is 107 Å². The number of amides is 1. The number of nitrogens with zero attached hydrogens (tertiary/aromatic N) is 3. The van der Waals surface area contributed by atoms with Crippen molar-refractivity contribution in [1.82, 2.24) is 20.4 Å². The maximum Gasteiger partial charge on any atom is 0.410 e. The summed E-state index contributed by atoms with van der Waals surface area (Å²) in [5.41, 5.74) is -0.442. The van der Waals surface area contributed by atoms with E-state index >= 15 is 0 Å². The summed E-state index contributed by atoms with van der Waals surface area (Å²) in [5, 5.41) is 6.67. The fourth-order valence-corrected chi connectivity index (χ4v) is 2.93. The first-order chi connectivity index (χ1) is 14.4. The first-order valence-corrected chi connectivity index (χ1v) is 11.1. The first-order valence-electron chi connectivity index (χ1n) is 11.1. The second kappa shape index (κ2) is 15.3. The Morgan fingerprint density at radius 1 is 1.03 bits per heavy atom. The molecule has 176 valence electrons. The highest BCUT2D eigenvalue weighted by Gasteiger charge is 2.25. The van der Waals surface area contributed by atoms with Crippen molar-refractivity contribution in [3.05, 3.63) is 0 Å². The van der Waals surface area contributed by atoms with Gasteiger partial charge in [0.2, 0.25) is 0 Å². The minimum Gasteiger partial charge on any atom is -0.444 e. The van der Waals surface area contributed by atoms with Gasteiger partial charge in [-0.1, -0.05) is 0 Å². The van der Waals surface area contributed by atoms with Gasteiger partial charge in [-0.05, 0) is 47.1 Å². The number of methoxy groups -OCH3 is 1. The van der Waals surface area contributed by atoms with E-state index < -0.39 is 5.60 Å². The van der Waals surface area contributed by atoms with Crippen LogP contribution in [-0.2, 0) is 14.2 Å². The second-order valence-electron chi connectivity index (χ2n) is 8.31. The fourth-order valence-electron chi connectivity index (χ4n) is 2.93. The van der Waals surface area contributed by atoms with E-state index in [0.29, 0.717) is 19.8 Å². The van der Waals surface area contributed by atoms with Crippen molar-refractivity contribution in [3.63, 3.8) is 0 Å². The average Bonchev–Trinajstić information content (AvgIpc) is 2.69. The molecule has 1 fully saturated rings. The highest BCUT2D eigenvalue weighted by molar-refractivity contribution is 5.79. The maximum atomic E-state index is 12.1. The van der Waals surface area contributed by atoms with Crippen LogP contribution in [0.25, 0.3) is 0 Å². The molecule has 1 aliphatic rings. The molecule has 1 aliphatic heterocycles. The molecule has 30 heavy (non-hydrogen) atoms. The number of carbonyl (C=O) groups is 1. The van der Waals surface area contributed by atoms with Crippen molar-refractivity contribution in [3.8, 4) is 0 Å². The summed E-state index contributed by atoms with van der Waals surface area (Å²) in [7, 11) is 1.67. The van der Waals surface area contributed by atoms with Crippen molar-refractivity contribution in [1.29, 1.82) is 0 Å². The average molecular weight is 430 g/mol. The SMILES string of the molecule is CCNC(=NCCCOCCOC)NCCCN1CCN(C(=O)OC(C)(C)C)CC1. The van der Waals surface area contributed by atoms with Crippen LogP contribution in [0.5, 0.6) is 0 Å². The van der Waals surface area contributed by atoms with Crippen LogP contribution in [0.4, 0.5) is 4.79 Å². The van der Waals surface area contributed by atoms with Crippen LogP contribution in [0.2, 0.25) is 0 Å². The molecule has 0 aliphatic carbocycles. The van der Waals surface area contributed by atoms with Crippen LogP contribution in [0, 0.1) is 0 Å². The number of rotatable bonds is 12. The van der Waals surface area contributed by atoms with Crippen LogP contribution < -0.4 is 10.6 Å². The van der Waals surface area contributed by atoms with E-state index in [1.165, 1.54) is 0 Å². The third-order valence-electron chi connectivity index (χ3n) is 4.46. The molecule has 0 radical (unpaired) electrons. The number of nitrogens with one attached hydrogen (secondary N) is 2. The Morgan fingerprint density at radius 3 is 2.40 bits per heavy atom. The van der Waals surface area contributed by atoms with E-state index in [2.05, 4.69) is 27.4 Å². The minimum atomic E-state index is -0.442. The number of aliphatic imine (C=N–C) groups is 1. The number of ether oxygens (including phenoxy) is 3. The van der Waals surface area contributed by atoms with Crippen LogP contribution in [0.1, 0.15) is 40.5 Å². The van der Waals surface area contributed by atoms with E-state index in [1.807, 2.05) is 20.8 Å². The Bertz CT molecular complexity index is 488. The zero-order valence-corrected chi connectivity index (χ0v) is 19.7. The van der Waals surface area contributed by atoms with E-state index in [-0.39, 0.29) is 6.09 Å². The Balaban J connectivity index is 2.17. The summed E-state index contributed by atoms with van der Waals surface area (Å²) in [5.74, 6) is 0.851. The molecular formula is C21H43N5O4. The lowest BCUT2D eigenvalue weighted by Gasteiger charge is -2.35. The Morgan fingerprint density at radius 2 is 1.77 bits per heavy atom. The molecule has 1 saturated heterocycles. The van der Waals surface area contributed by atoms with E-state index in [0.717, 1.165) is 71.2 Å². The molecule has 0 aromatic carbocycles. The van der Waals surface area contributed by atoms with Gasteiger partial charge in [0, 0.05) is 59.5 Å². The topological polar surface area (TPSA) is 87.7 Å². The Labute approximate surface area is 182 Å². The van der Waals surface area contributed by atoms with Gasteiger partial charge in [0.25, 0.3) is 0 Å². The van der Waals surface area contributed by atoms with Crippen molar-refractivity contribution in [2.24, 2.45) is 4.99 Å². The predicted molar refractivity (Wildman–Crippen MR) is 120 cm³/mol. The molecule has 1 amide bonds. The molecule has 0 aromatic heterocycles. The third-order valence-corrected chi connectivity index (χ3v) is 4.46. The summed E-state index contributed by atoms with van der Waals surface area (Å²) in [4.78, 5) is 20.9. The normalized spacial score (nSPS) is 15.9. The van der Waals surface area contributed by atoms with Crippen LogP contribution in [0.15, 0.2) is 4.99 Å². The van der Waals surface area contributed by atoms with Gasteiger partial charge in [-0.15, -0.1) is 0 Å². The quantitative estimate of drug-likeness (QED) is 0.276. The molecule has 9 nitrogen and oxygen atoms in total. The molecule has 0 atom stereocenters. The lowest BCUT2D eigenvalue weighted by atomic mass is 10.2. The summed E-state index contributed by atoms with van der Waals surface area (Å²) < 4.78 is 15.9. The van der Waals surface area contributed by atoms with Gasteiger partial charge in [-0.3, -0.25) is 9.89 Å². The van der Waals surface area contributed by atoms with E-state index in [9.17, 15) is 4.79 Å². The molecule has 0 aromatic rings. The molecule has 2 N–H and O–H groups in total. The van der Waals surface area contributed by atoms with Gasteiger partial charge in [-0.25, -0.2) is 4.79 Å². The summed E-state index contributed by atoms with van der Waals surface area (Å²) >= 11 is 0. The maximum absolute atomic E-state index is 12.1. The van der Waals surface area contributed by atoms with Gasteiger partial charge in [0.15, 0.2) is 5.96 Å². The van der Waals surface area contributed by atoms with Gasteiger partial charge in [0.1, 0.15) is 5.60 Å². The third kappa shape index (κ3) is 12.9. The molecule has 0 unspecified atom stereocenters. The standard InChI is InChI=1S/C21H43N5O4/c1-6-22-19(24-10-8-16-29-18-17-28-5)23-9-7-11-25-12-14-26(15-13-25)20(27)30-21(2,3)4/h6-18H2,1-5H3,(H2,22,23,24). The zero-order valence-electron chi connectivity index (χ0n) is 19.7. The highest BCUT2D eigenvalue weighted by atomic mass is 16.6. The van der Waals surface area contributed by atoms with Crippen molar-refractivity contribution in [2.45, 2.75) is 46.1 Å². The van der Waals surface area contributed by atoms with Crippen LogP contribution in [0.3, 0.4) is 0 Å². The van der Waals surface area contributed by atoms with E-state index in [1.54, 1.807) is 12.0 Å². The highest BCUT2D eigenvalue weighted by Crippen LogP contribution is 2.11. The van der Waals surface area contributed by atoms with Gasteiger partial charge < -0.3 is 29.7 Å². The predicted octanol–water partition coefficient (Wildman–Crippen LogP) is 1.54. The summed E-state index contributed by atoms with van der Waals surface area (Å²) in [6.45, 7) is 16.4. The van der Waals surface area contributed by atoms with Gasteiger partial charge in [0.05, 0.1) is 13.2 Å². The fraction of sp³-hybridized carbons (Fsp3) is 0.905. The van der Waals surface area contributed by atoms with Gasteiger partial charge in [-0.2, -0.15) is 0 Å². The summed E-state index contributed by atoms with van der Waals surface area (Å²) in [6.07, 6.45) is 1.71. The Hall–Kier alpha value is -1.58. The first kappa shape index (κ1) is 26.5. The number of piperazine rings is 1. The molecule has 0 spiro atoms. The lowest BCUT2D eigenvalue weighted by molar-refractivity contribution is 0.0145.